The lowest BCUT2D eigenvalue weighted by Crippen LogP contribution is -2.33. The molecule has 1 aliphatic rings. The number of hydrogen-bond donors (Lipinski definition) is 1. The summed E-state index contributed by atoms with van der Waals surface area (Å²) < 4.78 is 5.28. The quantitative estimate of drug-likeness (QED) is 0.939. The van der Waals surface area contributed by atoms with E-state index in [0.717, 1.165) is 29.7 Å². The van der Waals surface area contributed by atoms with Crippen molar-refractivity contribution in [3.05, 3.63) is 48.4 Å². The molecule has 1 fully saturated rings. The molecular weight excluding hydrogens is 278 g/mol. The minimum absolute atomic E-state index is 0.0789. The van der Waals surface area contributed by atoms with Crippen molar-refractivity contribution < 1.29 is 9.53 Å². The lowest BCUT2D eigenvalue weighted by Gasteiger charge is -2.21. The monoisotopic (exact) mass is 297 g/mol. The molecular formula is C17H19N3O2. The Labute approximate surface area is 129 Å². The maximum atomic E-state index is 12.1. The molecule has 0 aliphatic carbocycles. The summed E-state index contributed by atoms with van der Waals surface area (Å²) in [5, 5.41) is 3.01. The molecule has 0 bridgehead atoms. The summed E-state index contributed by atoms with van der Waals surface area (Å²) in [6, 6.07) is 7.77. The van der Waals surface area contributed by atoms with E-state index in [4.69, 9.17) is 4.74 Å². The molecule has 5 heteroatoms. The predicted molar refractivity (Wildman–Crippen MR) is 82.9 cm³/mol. The van der Waals surface area contributed by atoms with E-state index in [1.807, 2.05) is 24.3 Å². The molecule has 1 amide bonds. The average Bonchev–Trinajstić information content (AvgIpc) is 2.61. The van der Waals surface area contributed by atoms with Crippen molar-refractivity contribution in [2.24, 2.45) is 5.92 Å². The standard InChI is InChI=1S/C17H19N3O2/c21-17(15-4-9-22-10-5-15)20-12-13-1-8-19-16(11-13)14-2-6-18-7-3-14/h1-3,6-8,11,15H,4-5,9-10,12H2,(H,20,21). The number of rotatable bonds is 4. The highest BCUT2D eigenvalue weighted by Gasteiger charge is 2.21. The van der Waals surface area contributed by atoms with Gasteiger partial charge in [-0.05, 0) is 42.7 Å². The highest BCUT2D eigenvalue weighted by Crippen LogP contribution is 2.17. The van der Waals surface area contributed by atoms with Crippen molar-refractivity contribution in [3.8, 4) is 11.3 Å². The van der Waals surface area contributed by atoms with Crippen LogP contribution in [-0.2, 0) is 16.1 Å². The van der Waals surface area contributed by atoms with Crippen molar-refractivity contribution in [1.29, 1.82) is 0 Å². The lowest BCUT2D eigenvalue weighted by molar-refractivity contribution is -0.128. The Bertz CT molecular complexity index is 625. The van der Waals surface area contributed by atoms with Crippen molar-refractivity contribution in [3.63, 3.8) is 0 Å². The number of carbonyl (C=O) groups excluding carboxylic acids is 1. The van der Waals surface area contributed by atoms with Crippen molar-refractivity contribution >= 4 is 5.91 Å². The Balaban J connectivity index is 1.62. The van der Waals surface area contributed by atoms with Gasteiger partial charge in [0.2, 0.25) is 5.91 Å². The van der Waals surface area contributed by atoms with E-state index in [1.54, 1.807) is 18.6 Å². The second kappa shape index (κ2) is 7.13. The number of ether oxygens (including phenoxy) is 1. The number of nitrogens with one attached hydrogen (secondary N) is 1. The van der Waals surface area contributed by atoms with Gasteiger partial charge < -0.3 is 10.1 Å². The first-order chi connectivity index (χ1) is 10.8. The van der Waals surface area contributed by atoms with E-state index in [1.165, 1.54) is 0 Å². The molecule has 3 heterocycles. The Morgan fingerprint density at radius 2 is 1.95 bits per heavy atom. The smallest absolute Gasteiger partial charge is 0.223 e. The zero-order chi connectivity index (χ0) is 15.2. The maximum absolute atomic E-state index is 12.1. The predicted octanol–water partition coefficient (Wildman–Crippen LogP) is 2.19. The summed E-state index contributed by atoms with van der Waals surface area (Å²) >= 11 is 0. The molecule has 0 unspecified atom stereocenters. The van der Waals surface area contributed by atoms with Crippen LogP contribution in [0.4, 0.5) is 0 Å². The van der Waals surface area contributed by atoms with Gasteiger partial charge in [0.05, 0.1) is 5.69 Å². The van der Waals surface area contributed by atoms with E-state index in [2.05, 4.69) is 15.3 Å². The van der Waals surface area contributed by atoms with Gasteiger partial charge in [-0.15, -0.1) is 0 Å². The minimum atomic E-state index is 0.0789. The van der Waals surface area contributed by atoms with E-state index in [9.17, 15) is 4.79 Å². The van der Waals surface area contributed by atoms with Gasteiger partial charge in [0.25, 0.3) is 0 Å². The molecule has 22 heavy (non-hydrogen) atoms. The largest absolute Gasteiger partial charge is 0.381 e. The molecule has 0 spiro atoms. The van der Waals surface area contributed by atoms with Crippen LogP contribution >= 0.6 is 0 Å². The summed E-state index contributed by atoms with van der Waals surface area (Å²) in [4.78, 5) is 20.5. The lowest BCUT2D eigenvalue weighted by atomic mass is 9.99. The SMILES string of the molecule is O=C(NCc1ccnc(-c2ccncc2)c1)C1CCOCC1. The number of hydrogen-bond acceptors (Lipinski definition) is 4. The van der Waals surface area contributed by atoms with Gasteiger partial charge in [-0.3, -0.25) is 14.8 Å². The molecule has 1 N–H and O–H groups in total. The van der Waals surface area contributed by atoms with Gasteiger partial charge in [0.15, 0.2) is 0 Å². The summed E-state index contributed by atoms with van der Waals surface area (Å²) in [5.74, 6) is 0.195. The molecule has 114 valence electrons. The zero-order valence-corrected chi connectivity index (χ0v) is 12.4. The Hall–Kier alpha value is -2.27. The van der Waals surface area contributed by atoms with Crippen LogP contribution < -0.4 is 5.32 Å². The number of nitrogens with zero attached hydrogens (tertiary/aromatic N) is 2. The second-order valence-corrected chi connectivity index (χ2v) is 5.39. The van der Waals surface area contributed by atoms with Crippen LogP contribution in [0.5, 0.6) is 0 Å². The second-order valence-electron chi connectivity index (χ2n) is 5.39. The molecule has 0 aromatic carbocycles. The van der Waals surface area contributed by atoms with Crippen molar-refractivity contribution in [1.82, 2.24) is 15.3 Å². The third-order valence-electron chi connectivity index (χ3n) is 3.86. The fraction of sp³-hybridized carbons (Fsp3) is 0.353. The summed E-state index contributed by atoms with van der Waals surface area (Å²) in [7, 11) is 0. The zero-order valence-electron chi connectivity index (χ0n) is 12.4. The van der Waals surface area contributed by atoms with Gasteiger partial charge >= 0.3 is 0 Å². The Morgan fingerprint density at radius 1 is 1.18 bits per heavy atom. The van der Waals surface area contributed by atoms with Crippen LogP contribution in [0.3, 0.4) is 0 Å². The topological polar surface area (TPSA) is 64.1 Å². The highest BCUT2D eigenvalue weighted by atomic mass is 16.5. The fourth-order valence-corrected chi connectivity index (χ4v) is 2.56. The number of pyridine rings is 2. The third-order valence-corrected chi connectivity index (χ3v) is 3.86. The third kappa shape index (κ3) is 3.68. The van der Waals surface area contributed by atoms with Crippen molar-refractivity contribution in [2.45, 2.75) is 19.4 Å². The molecule has 2 aromatic rings. The van der Waals surface area contributed by atoms with Gasteiger partial charge in [-0.2, -0.15) is 0 Å². The molecule has 1 saturated heterocycles. The average molecular weight is 297 g/mol. The number of carbonyl (C=O) groups is 1. The first kappa shape index (κ1) is 14.7. The Kier molecular flexibility index (Phi) is 4.75. The summed E-state index contributed by atoms with van der Waals surface area (Å²) in [5.41, 5.74) is 2.95. The fourth-order valence-electron chi connectivity index (χ4n) is 2.56. The number of aromatic nitrogens is 2. The summed E-state index contributed by atoms with van der Waals surface area (Å²) in [6.07, 6.45) is 6.88. The highest BCUT2D eigenvalue weighted by molar-refractivity contribution is 5.78. The van der Waals surface area contributed by atoms with Gasteiger partial charge in [-0.25, -0.2) is 0 Å². The molecule has 0 radical (unpaired) electrons. The molecule has 2 aromatic heterocycles. The van der Waals surface area contributed by atoms with Crippen LogP contribution in [0.25, 0.3) is 11.3 Å². The van der Waals surface area contributed by atoms with E-state index in [-0.39, 0.29) is 11.8 Å². The van der Waals surface area contributed by atoms with Gasteiger partial charge in [-0.1, -0.05) is 0 Å². The van der Waals surface area contributed by atoms with Crippen LogP contribution in [0, 0.1) is 5.92 Å². The van der Waals surface area contributed by atoms with E-state index < -0.39 is 0 Å². The summed E-state index contributed by atoms with van der Waals surface area (Å²) in [6.45, 7) is 1.88. The van der Waals surface area contributed by atoms with Crippen LogP contribution in [0.2, 0.25) is 0 Å². The molecule has 0 saturated carbocycles. The first-order valence-corrected chi connectivity index (χ1v) is 7.54. The molecule has 3 rings (SSSR count). The molecule has 0 atom stereocenters. The number of amides is 1. The maximum Gasteiger partial charge on any atom is 0.223 e. The van der Waals surface area contributed by atoms with Gasteiger partial charge in [0.1, 0.15) is 0 Å². The molecule has 5 nitrogen and oxygen atoms in total. The van der Waals surface area contributed by atoms with Gasteiger partial charge in [0, 0.05) is 49.8 Å². The minimum Gasteiger partial charge on any atom is -0.381 e. The normalized spacial score (nSPS) is 15.5. The van der Waals surface area contributed by atoms with Crippen LogP contribution in [-0.4, -0.2) is 29.1 Å². The van der Waals surface area contributed by atoms with E-state index in [0.29, 0.717) is 19.8 Å². The Morgan fingerprint density at radius 3 is 2.73 bits per heavy atom. The van der Waals surface area contributed by atoms with Crippen LogP contribution in [0.15, 0.2) is 42.9 Å². The van der Waals surface area contributed by atoms with Crippen LogP contribution in [0.1, 0.15) is 18.4 Å². The van der Waals surface area contributed by atoms with Crippen molar-refractivity contribution in [2.75, 3.05) is 13.2 Å². The molecule has 1 aliphatic heterocycles. The van der Waals surface area contributed by atoms with E-state index >= 15 is 0 Å². The first-order valence-electron chi connectivity index (χ1n) is 7.54.